The van der Waals surface area contributed by atoms with Crippen molar-refractivity contribution in [3.05, 3.63) is 94.0 Å². The Kier molecular flexibility index (Phi) is 6.06. The van der Waals surface area contributed by atoms with Gasteiger partial charge in [0.1, 0.15) is 0 Å². The Balaban J connectivity index is 1.90. The van der Waals surface area contributed by atoms with E-state index in [1.807, 2.05) is 25.1 Å². The first kappa shape index (κ1) is 22.7. The fourth-order valence-electron chi connectivity index (χ4n) is 4.38. The number of rotatable bonds is 4. The minimum absolute atomic E-state index is 0.226. The van der Waals surface area contributed by atoms with Crippen molar-refractivity contribution in [3.63, 3.8) is 0 Å². The summed E-state index contributed by atoms with van der Waals surface area (Å²) in [7, 11) is 3.04. The second kappa shape index (κ2) is 8.81. The van der Waals surface area contributed by atoms with Gasteiger partial charge in [-0.25, -0.2) is 0 Å². The average molecular weight is 455 g/mol. The Hall–Kier alpha value is -3.48. The summed E-state index contributed by atoms with van der Waals surface area (Å²) in [4.78, 5) is 15.3. The highest BCUT2D eigenvalue weighted by Crippen LogP contribution is 2.42. The Morgan fingerprint density at radius 2 is 1.67 bits per heavy atom. The van der Waals surface area contributed by atoms with Crippen molar-refractivity contribution in [3.8, 4) is 11.5 Å². The lowest BCUT2D eigenvalue weighted by Gasteiger charge is -2.38. The number of carbonyl (C=O) groups excluding carboxylic acids is 1. The molecule has 0 N–H and O–H groups in total. The van der Waals surface area contributed by atoms with Gasteiger partial charge in [0.2, 0.25) is 0 Å². The molecule has 1 aliphatic rings. The van der Waals surface area contributed by atoms with Crippen molar-refractivity contribution >= 4 is 5.91 Å². The van der Waals surface area contributed by atoms with Crippen LogP contribution in [-0.2, 0) is 12.6 Å². The highest BCUT2D eigenvalue weighted by molar-refractivity contribution is 5.96. The van der Waals surface area contributed by atoms with Crippen LogP contribution in [0.5, 0.6) is 11.5 Å². The van der Waals surface area contributed by atoms with E-state index in [4.69, 9.17) is 9.47 Å². The van der Waals surface area contributed by atoms with Gasteiger partial charge in [-0.15, -0.1) is 0 Å². The molecule has 3 aromatic rings. The first-order valence-electron chi connectivity index (χ1n) is 10.5. The van der Waals surface area contributed by atoms with Gasteiger partial charge in [-0.1, -0.05) is 30.3 Å². The number of methoxy groups -OCH3 is 2. The minimum Gasteiger partial charge on any atom is -0.493 e. The van der Waals surface area contributed by atoms with Gasteiger partial charge < -0.3 is 14.4 Å². The molecule has 0 radical (unpaired) electrons. The van der Waals surface area contributed by atoms with E-state index in [1.165, 1.54) is 20.3 Å². The molecule has 0 spiro atoms. The average Bonchev–Trinajstić information content (AvgIpc) is 2.81. The van der Waals surface area contributed by atoms with E-state index in [2.05, 4.69) is 0 Å². The highest BCUT2D eigenvalue weighted by atomic mass is 19.4. The molecule has 0 saturated carbocycles. The number of amides is 1. The number of halogens is 3. The lowest BCUT2D eigenvalue weighted by Crippen LogP contribution is -2.41. The lowest BCUT2D eigenvalue weighted by atomic mass is 9.86. The third-order valence-corrected chi connectivity index (χ3v) is 6.04. The molecule has 0 saturated heterocycles. The summed E-state index contributed by atoms with van der Waals surface area (Å²) in [5.74, 6) is 0.770. The minimum atomic E-state index is -4.49. The zero-order valence-electron chi connectivity index (χ0n) is 18.6. The molecule has 33 heavy (non-hydrogen) atoms. The molecule has 1 heterocycles. The summed E-state index contributed by atoms with van der Waals surface area (Å²) in [6, 6.07) is 15.3. The van der Waals surface area contributed by atoms with Crippen molar-refractivity contribution in [2.24, 2.45) is 0 Å². The van der Waals surface area contributed by atoms with Gasteiger partial charge in [-0.05, 0) is 65.9 Å². The maximum Gasteiger partial charge on any atom is 0.416 e. The van der Waals surface area contributed by atoms with Crippen LogP contribution in [-0.4, -0.2) is 31.6 Å². The van der Waals surface area contributed by atoms with E-state index in [-0.39, 0.29) is 5.91 Å². The second-order valence-electron chi connectivity index (χ2n) is 8.00. The van der Waals surface area contributed by atoms with E-state index in [0.29, 0.717) is 35.6 Å². The van der Waals surface area contributed by atoms with Crippen LogP contribution in [0, 0.1) is 6.92 Å². The van der Waals surface area contributed by atoms with Gasteiger partial charge in [0.15, 0.2) is 11.5 Å². The molecule has 0 fully saturated rings. The fraction of sp³-hybridized carbons (Fsp3) is 0.269. The Morgan fingerprint density at radius 1 is 0.970 bits per heavy atom. The molecule has 7 heteroatoms. The molecule has 0 bridgehead atoms. The van der Waals surface area contributed by atoms with Gasteiger partial charge >= 0.3 is 6.18 Å². The molecule has 1 amide bonds. The van der Waals surface area contributed by atoms with E-state index in [0.717, 1.165) is 28.8 Å². The van der Waals surface area contributed by atoms with Crippen molar-refractivity contribution in [1.82, 2.24) is 4.90 Å². The first-order chi connectivity index (χ1) is 15.7. The SMILES string of the molecule is COc1cc2c(cc1OC)C(c1cccc(C(F)(F)F)c1)N(C(=O)c1ccccc1C)CC2. The van der Waals surface area contributed by atoms with Gasteiger partial charge in [0.25, 0.3) is 5.91 Å². The van der Waals surface area contributed by atoms with Gasteiger partial charge in [-0.3, -0.25) is 4.79 Å². The summed E-state index contributed by atoms with van der Waals surface area (Å²) in [6.45, 7) is 2.20. The Bertz CT molecular complexity index is 1190. The molecule has 3 aromatic carbocycles. The molecular weight excluding hydrogens is 431 g/mol. The van der Waals surface area contributed by atoms with Crippen LogP contribution >= 0.6 is 0 Å². The summed E-state index contributed by atoms with van der Waals surface area (Å²) >= 11 is 0. The van der Waals surface area contributed by atoms with Crippen LogP contribution in [0.1, 0.15) is 44.2 Å². The Labute approximate surface area is 190 Å². The number of nitrogens with zero attached hydrogens (tertiary/aromatic N) is 1. The second-order valence-corrected chi connectivity index (χ2v) is 8.00. The molecular formula is C26H24F3NO3. The summed E-state index contributed by atoms with van der Waals surface area (Å²) < 4.78 is 51.4. The quantitative estimate of drug-likeness (QED) is 0.498. The third kappa shape index (κ3) is 4.27. The van der Waals surface area contributed by atoms with Crippen LogP contribution < -0.4 is 9.47 Å². The van der Waals surface area contributed by atoms with Crippen molar-refractivity contribution in [1.29, 1.82) is 0 Å². The summed E-state index contributed by atoms with van der Waals surface area (Å²) in [6.07, 6.45) is -3.95. The predicted molar refractivity (Wildman–Crippen MR) is 119 cm³/mol. The normalized spacial score (nSPS) is 15.7. The fourth-order valence-corrected chi connectivity index (χ4v) is 4.38. The summed E-state index contributed by atoms with van der Waals surface area (Å²) in [5.41, 5.74) is 2.60. The Morgan fingerprint density at radius 3 is 2.33 bits per heavy atom. The smallest absolute Gasteiger partial charge is 0.416 e. The topological polar surface area (TPSA) is 38.8 Å². The number of alkyl halides is 3. The highest BCUT2D eigenvalue weighted by Gasteiger charge is 2.36. The molecule has 1 unspecified atom stereocenters. The molecule has 172 valence electrons. The van der Waals surface area contributed by atoms with Crippen LogP contribution in [0.15, 0.2) is 60.7 Å². The first-order valence-corrected chi connectivity index (χ1v) is 10.5. The van der Waals surface area contributed by atoms with Crippen molar-refractivity contribution in [2.75, 3.05) is 20.8 Å². The molecule has 4 nitrogen and oxygen atoms in total. The number of fused-ring (bicyclic) bond motifs is 1. The van der Waals surface area contributed by atoms with E-state index in [9.17, 15) is 18.0 Å². The number of hydrogen-bond acceptors (Lipinski definition) is 3. The van der Waals surface area contributed by atoms with E-state index in [1.54, 1.807) is 29.2 Å². The van der Waals surface area contributed by atoms with Crippen LogP contribution in [0.2, 0.25) is 0 Å². The number of aryl methyl sites for hydroxylation is 1. The van der Waals surface area contributed by atoms with Crippen LogP contribution in [0.25, 0.3) is 0 Å². The number of ether oxygens (including phenoxy) is 2. The van der Waals surface area contributed by atoms with Gasteiger partial charge in [-0.2, -0.15) is 13.2 Å². The zero-order valence-corrected chi connectivity index (χ0v) is 18.6. The molecule has 0 aliphatic carbocycles. The monoisotopic (exact) mass is 455 g/mol. The molecule has 1 atom stereocenters. The maximum atomic E-state index is 13.6. The maximum absolute atomic E-state index is 13.6. The van der Waals surface area contributed by atoms with Crippen LogP contribution in [0.4, 0.5) is 13.2 Å². The van der Waals surface area contributed by atoms with Crippen LogP contribution in [0.3, 0.4) is 0 Å². The zero-order chi connectivity index (χ0) is 23.8. The lowest BCUT2D eigenvalue weighted by molar-refractivity contribution is -0.137. The summed E-state index contributed by atoms with van der Waals surface area (Å²) in [5, 5.41) is 0. The molecule has 0 aromatic heterocycles. The van der Waals surface area contributed by atoms with Gasteiger partial charge in [0, 0.05) is 12.1 Å². The van der Waals surface area contributed by atoms with E-state index >= 15 is 0 Å². The van der Waals surface area contributed by atoms with E-state index < -0.39 is 17.8 Å². The van der Waals surface area contributed by atoms with Crippen molar-refractivity contribution in [2.45, 2.75) is 25.6 Å². The molecule has 1 aliphatic heterocycles. The van der Waals surface area contributed by atoms with Gasteiger partial charge in [0.05, 0.1) is 25.8 Å². The third-order valence-electron chi connectivity index (χ3n) is 6.04. The predicted octanol–water partition coefficient (Wildman–Crippen LogP) is 5.82. The standard InChI is InChI=1S/C26H24F3NO3/c1-16-7-4-5-10-20(16)25(31)30-12-11-17-14-22(32-2)23(33-3)15-21(17)24(30)18-8-6-9-19(13-18)26(27,28)29/h4-10,13-15,24H,11-12H2,1-3H3. The number of hydrogen-bond donors (Lipinski definition) is 0. The largest absolute Gasteiger partial charge is 0.493 e. The number of carbonyl (C=O) groups is 1. The van der Waals surface area contributed by atoms with Crippen molar-refractivity contribution < 1.29 is 27.4 Å². The molecule has 4 rings (SSSR count). The number of benzene rings is 3.